The third-order valence-corrected chi connectivity index (χ3v) is 9.19. The van der Waals surface area contributed by atoms with Crippen molar-refractivity contribution in [2.75, 3.05) is 85.7 Å². The predicted molar refractivity (Wildman–Crippen MR) is 219 cm³/mol. The Labute approximate surface area is 336 Å². The van der Waals surface area contributed by atoms with E-state index in [1.165, 1.54) is 7.11 Å². The molecule has 1 aromatic carbocycles. The Morgan fingerprint density at radius 3 is 1.55 bits per heavy atom. The van der Waals surface area contributed by atoms with Gasteiger partial charge in [-0.3, -0.25) is 38.8 Å². The summed E-state index contributed by atoms with van der Waals surface area (Å²) >= 11 is 0. The first-order valence-electron chi connectivity index (χ1n) is 20.2. The van der Waals surface area contributed by atoms with E-state index >= 15 is 0 Å². The lowest BCUT2D eigenvalue weighted by Gasteiger charge is -2.36. The van der Waals surface area contributed by atoms with Crippen LogP contribution < -0.4 is 4.74 Å². The van der Waals surface area contributed by atoms with Crippen LogP contribution in [0.25, 0.3) is 0 Å². The summed E-state index contributed by atoms with van der Waals surface area (Å²) in [4.78, 5) is 60.9. The molecule has 318 valence electrons. The van der Waals surface area contributed by atoms with Crippen LogP contribution in [0.1, 0.15) is 93.6 Å². The molecule has 1 saturated heterocycles. The largest absolute Gasteiger partial charge is 0.494 e. The zero-order chi connectivity index (χ0) is 41.9. The van der Waals surface area contributed by atoms with Gasteiger partial charge in [-0.05, 0) is 105 Å². The molecule has 2 rings (SSSR count). The summed E-state index contributed by atoms with van der Waals surface area (Å²) in [6, 6.07) is 7.56. The fourth-order valence-electron chi connectivity index (χ4n) is 6.17. The van der Waals surface area contributed by atoms with Crippen LogP contribution in [-0.4, -0.2) is 152 Å². The minimum absolute atomic E-state index is 0.0168. The van der Waals surface area contributed by atoms with Crippen molar-refractivity contribution in [3.63, 3.8) is 0 Å². The molecule has 13 nitrogen and oxygen atoms in total. The number of ether oxygens (including phenoxy) is 5. The van der Waals surface area contributed by atoms with E-state index in [1.54, 1.807) is 19.9 Å². The number of rotatable bonds is 18. The number of nitrogens with zero attached hydrogens (tertiary/aromatic N) is 4. The lowest BCUT2D eigenvalue weighted by atomic mass is 10.0. The molecule has 0 aromatic heterocycles. The monoisotopic (exact) mass is 789 g/mol. The van der Waals surface area contributed by atoms with Gasteiger partial charge in [0.2, 0.25) is 0 Å². The second kappa shape index (κ2) is 23.6. The fraction of sp³-hybridized carbons (Fsp3) is 0.721. The number of carbonyl (C=O) groups is 4. The normalized spacial score (nSPS) is 16.8. The molecule has 0 radical (unpaired) electrons. The average Bonchev–Trinajstić information content (AvgIpc) is 3.09. The number of methoxy groups -OCH3 is 1. The Balaban J connectivity index is 2.37. The van der Waals surface area contributed by atoms with E-state index in [2.05, 4.69) is 30.5 Å². The van der Waals surface area contributed by atoms with Crippen molar-refractivity contribution in [1.82, 2.24) is 19.6 Å². The quantitative estimate of drug-likeness (QED) is 0.0844. The number of aryl methyl sites for hydroxylation is 1. The van der Waals surface area contributed by atoms with E-state index < -0.39 is 28.8 Å². The number of hydrogen-bond acceptors (Lipinski definition) is 13. The topological polar surface area (TPSA) is 127 Å². The molecule has 0 aliphatic carbocycles. The van der Waals surface area contributed by atoms with Crippen molar-refractivity contribution in [3.8, 4) is 5.75 Å². The summed E-state index contributed by atoms with van der Waals surface area (Å²) in [6.07, 6.45) is 5.73. The minimum Gasteiger partial charge on any atom is -0.494 e. The molecule has 0 saturated carbocycles. The summed E-state index contributed by atoms with van der Waals surface area (Å²) < 4.78 is 28.2. The van der Waals surface area contributed by atoms with Crippen molar-refractivity contribution < 1.29 is 42.9 Å². The molecular weight excluding hydrogens is 716 g/mol. The third kappa shape index (κ3) is 20.6. The SMILES string of the molecule is C=CC(C)(C)OC(=O)CN1CCN(CC(=O)OC(C)(C)C)CCN([C@@H](CCCc2ccc(OCCCC)cc2)C(=O)OC)CCN(CC(=O)OC(C)(C)C)CC1. The highest BCUT2D eigenvalue weighted by Crippen LogP contribution is 2.18. The Hall–Kier alpha value is -3.52. The van der Waals surface area contributed by atoms with Gasteiger partial charge in [-0.25, -0.2) is 0 Å². The Morgan fingerprint density at radius 1 is 0.696 bits per heavy atom. The number of unbranched alkanes of at least 4 members (excludes halogenated alkanes) is 1. The Bertz CT molecular complexity index is 1320. The second-order valence-electron chi connectivity index (χ2n) is 17.1. The third-order valence-electron chi connectivity index (χ3n) is 9.19. The van der Waals surface area contributed by atoms with Crippen molar-refractivity contribution >= 4 is 23.9 Å². The lowest BCUT2D eigenvalue weighted by Crippen LogP contribution is -2.52. The smallest absolute Gasteiger partial charge is 0.323 e. The predicted octanol–water partition coefficient (Wildman–Crippen LogP) is 5.14. The molecule has 13 heteroatoms. The average molecular weight is 789 g/mol. The maximum atomic E-state index is 13.5. The highest BCUT2D eigenvalue weighted by atomic mass is 16.6. The molecule has 1 aliphatic heterocycles. The first-order chi connectivity index (χ1) is 26.2. The van der Waals surface area contributed by atoms with Crippen LogP contribution in [0, 0.1) is 0 Å². The summed E-state index contributed by atoms with van der Waals surface area (Å²) in [6.45, 7) is 24.8. The molecule has 56 heavy (non-hydrogen) atoms. The molecule has 0 bridgehead atoms. The van der Waals surface area contributed by atoms with E-state index in [0.29, 0.717) is 65.4 Å². The van der Waals surface area contributed by atoms with Gasteiger partial charge in [0, 0.05) is 52.4 Å². The van der Waals surface area contributed by atoms with Crippen LogP contribution in [0.15, 0.2) is 36.9 Å². The lowest BCUT2D eigenvalue weighted by molar-refractivity contribution is -0.158. The van der Waals surface area contributed by atoms with Crippen molar-refractivity contribution in [3.05, 3.63) is 42.5 Å². The fourth-order valence-corrected chi connectivity index (χ4v) is 6.17. The van der Waals surface area contributed by atoms with Crippen molar-refractivity contribution in [2.45, 2.75) is 117 Å². The van der Waals surface area contributed by atoms with Gasteiger partial charge in [0.1, 0.15) is 28.6 Å². The van der Waals surface area contributed by atoms with Crippen LogP contribution in [0.2, 0.25) is 0 Å². The first-order valence-corrected chi connectivity index (χ1v) is 20.2. The van der Waals surface area contributed by atoms with Gasteiger partial charge in [0.15, 0.2) is 0 Å². The van der Waals surface area contributed by atoms with Gasteiger partial charge in [-0.15, -0.1) is 0 Å². The molecule has 1 fully saturated rings. The molecule has 0 unspecified atom stereocenters. The number of hydrogen-bond donors (Lipinski definition) is 0. The first kappa shape index (κ1) is 48.6. The van der Waals surface area contributed by atoms with E-state index in [-0.39, 0.29) is 37.5 Å². The van der Waals surface area contributed by atoms with Gasteiger partial charge in [-0.2, -0.15) is 0 Å². The summed E-state index contributed by atoms with van der Waals surface area (Å²) in [5.41, 5.74) is -0.986. The Morgan fingerprint density at radius 2 is 1.14 bits per heavy atom. The Kier molecular flexibility index (Phi) is 20.5. The molecule has 0 amide bonds. The zero-order valence-corrected chi connectivity index (χ0v) is 36.2. The maximum Gasteiger partial charge on any atom is 0.323 e. The van der Waals surface area contributed by atoms with Gasteiger partial charge in [0.25, 0.3) is 0 Å². The van der Waals surface area contributed by atoms with Crippen molar-refractivity contribution in [2.24, 2.45) is 0 Å². The standard InChI is InChI=1S/C43H72N4O9/c1-12-14-30-53-35-20-18-34(19-21-35)16-15-17-36(40(51)52-11)47-28-26-45(31-37(48)54-41(3,4)5)24-22-44(33-39(50)56-43(9,10)13-2)23-25-46(27-29-47)32-38(49)55-42(6,7)8/h13,18-21,36H,2,12,14-17,22-33H2,1,3-11H3/t36-/m0/s1. The molecule has 0 spiro atoms. The van der Waals surface area contributed by atoms with Crippen LogP contribution >= 0.6 is 0 Å². The number of esters is 4. The van der Waals surface area contributed by atoms with Gasteiger partial charge in [-0.1, -0.05) is 32.1 Å². The highest BCUT2D eigenvalue weighted by molar-refractivity contribution is 5.75. The van der Waals surface area contributed by atoms with Crippen molar-refractivity contribution in [1.29, 1.82) is 0 Å². The highest BCUT2D eigenvalue weighted by Gasteiger charge is 2.30. The van der Waals surface area contributed by atoms with E-state index in [0.717, 1.165) is 37.0 Å². The van der Waals surface area contributed by atoms with Gasteiger partial charge >= 0.3 is 23.9 Å². The molecule has 1 aromatic rings. The van der Waals surface area contributed by atoms with Crippen LogP contribution in [0.3, 0.4) is 0 Å². The van der Waals surface area contributed by atoms with Gasteiger partial charge in [0.05, 0.1) is 33.4 Å². The van der Waals surface area contributed by atoms with Gasteiger partial charge < -0.3 is 23.7 Å². The van der Waals surface area contributed by atoms with Crippen LogP contribution in [0.4, 0.5) is 0 Å². The van der Waals surface area contributed by atoms with E-state index in [1.807, 2.05) is 68.4 Å². The second-order valence-corrected chi connectivity index (χ2v) is 17.1. The summed E-state index contributed by atoms with van der Waals surface area (Å²) in [5.74, 6) is -0.598. The van der Waals surface area contributed by atoms with E-state index in [9.17, 15) is 19.2 Å². The summed E-state index contributed by atoms with van der Waals surface area (Å²) in [7, 11) is 1.41. The molecular formula is C43H72N4O9. The molecule has 1 atom stereocenters. The molecule has 0 N–H and O–H groups in total. The van der Waals surface area contributed by atoms with Crippen LogP contribution in [-0.2, 0) is 44.5 Å². The molecule has 1 heterocycles. The van der Waals surface area contributed by atoms with E-state index in [4.69, 9.17) is 23.7 Å². The minimum atomic E-state index is -0.831. The molecule has 1 aliphatic rings. The number of carbonyl (C=O) groups excluding carboxylic acids is 4. The maximum absolute atomic E-state index is 13.5. The van der Waals surface area contributed by atoms with Crippen LogP contribution in [0.5, 0.6) is 5.75 Å². The summed E-state index contributed by atoms with van der Waals surface area (Å²) in [5, 5.41) is 0. The number of benzene rings is 1. The zero-order valence-electron chi connectivity index (χ0n) is 36.2.